The Morgan fingerprint density at radius 3 is 2.75 bits per heavy atom. The third kappa shape index (κ3) is 2.60. The highest BCUT2D eigenvalue weighted by Gasteiger charge is 2.09. The van der Waals surface area contributed by atoms with Crippen molar-refractivity contribution in [2.24, 2.45) is 0 Å². The minimum atomic E-state index is 0.752. The average molecular weight is 328 g/mol. The Morgan fingerprint density at radius 2 is 1.95 bits per heavy atom. The molecule has 0 unspecified atom stereocenters. The van der Waals surface area contributed by atoms with Gasteiger partial charge in [0.05, 0.1) is 0 Å². The molecule has 3 rings (SSSR count). The van der Waals surface area contributed by atoms with Crippen LogP contribution in [-0.2, 0) is 6.54 Å². The second-order valence-electron chi connectivity index (χ2n) is 4.60. The monoisotopic (exact) mass is 327 g/mol. The Balaban J connectivity index is 1.97. The number of nitrogens with zero attached hydrogens (tertiary/aromatic N) is 2. The molecule has 0 fully saturated rings. The van der Waals surface area contributed by atoms with Gasteiger partial charge in [-0.2, -0.15) is 0 Å². The summed E-state index contributed by atoms with van der Waals surface area (Å²) in [7, 11) is 0. The van der Waals surface area contributed by atoms with Gasteiger partial charge in [0.2, 0.25) is 0 Å². The van der Waals surface area contributed by atoms with Crippen LogP contribution in [0.2, 0.25) is 0 Å². The maximum absolute atomic E-state index is 5.83. The quantitative estimate of drug-likeness (QED) is 0.740. The first-order valence-electron chi connectivity index (χ1n) is 6.34. The minimum Gasteiger partial charge on any atom is -0.399 e. The zero-order valence-corrected chi connectivity index (χ0v) is 12.4. The van der Waals surface area contributed by atoms with Crippen molar-refractivity contribution in [3.05, 3.63) is 71.0 Å². The van der Waals surface area contributed by atoms with Gasteiger partial charge >= 0.3 is 0 Å². The highest BCUT2D eigenvalue weighted by atomic mass is 79.9. The molecule has 0 atom stereocenters. The van der Waals surface area contributed by atoms with E-state index >= 15 is 0 Å². The maximum Gasteiger partial charge on any atom is 0.141 e. The lowest BCUT2D eigenvalue weighted by molar-refractivity contribution is 0.807. The number of benzene rings is 2. The zero-order chi connectivity index (χ0) is 13.9. The number of anilines is 1. The largest absolute Gasteiger partial charge is 0.399 e. The normalized spacial score (nSPS) is 10.7. The summed E-state index contributed by atoms with van der Waals surface area (Å²) in [6, 6.07) is 16.0. The molecule has 0 bridgehead atoms. The summed E-state index contributed by atoms with van der Waals surface area (Å²) in [6.45, 7) is 0.752. The van der Waals surface area contributed by atoms with Gasteiger partial charge in [0, 0.05) is 34.7 Å². The Bertz CT molecular complexity index is 734. The fraction of sp³-hybridized carbons (Fsp3) is 0.0625. The highest BCUT2D eigenvalue weighted by Crippen LogP contribution is 2.27. The second-order valence-corrected chi connectivity index (χ2v) is 5.46. The van der Waals surface area contributed by atoms with Crippen LogP contribution in [-0.4, -0.2) is 9.55 Å². The number of hydrogen-bond donors (Lipinski definition) is 1. The van der Waals surface area contributed by atoms with E-state index in [0.29, 0.717) is 0 Å². The van der Waals surface area contributed by atoms with Gasteiger partial charge in [0.15, 0.2) is 0 Å². The molecule has 0 saturated heterocycles. The fourth-order valence-corrected chi connectivity index (χ4v) is 2.67. The van der Waals surface area contributed by atoms with Crippen molar-refractivity contribution in [2.45, 2.75) is 6.54 Å². The fourth-order valence-electron chi connectivity index (χ4n) is 2.21. The summed E-state index contributed by atoms with van der Waals surface area (Å²) in [5.74, 6) is 0.944. The Hall–Kier alpha value is -2.07. The van der Waals surface area contributed by atoms with Crippen molar-refractivity contribution in [2.75, 3.05) is 5.73 Å². The minimum absolute atomic E-state index is 0.752. The van der Waals surface area contributed by atoms with E-state index in [1.807, 2.05) is 48.8 Å². The first-order chi connectivity index (χ1) is 9.74. The Labute approximate surface area is 126 Å². The number of imidazole rings is 1. The van der Waals surface area contributed by atoms with Crippen LogP contribution in [0.4, 0.5) is 5.69 Å². The van der Waals surface area contributed by atoms with Crippen LogP contribution < -0.4 is 5.73 Å². The molecule has 0 aliphatic heterocycles. The summed E-state index contributed by atoms with van der Waals surface area (Å²) < 4.78 is 3.16. The summed E-state index contributed by atoms with van der Waals surface area (Å²) in [5, 5.41) is 0. The van der Waals surface area contributed by atoms with E-state index in [4.69, 9.17) is 5.73 Å². The van der Waals surface area contributed by atoms with E-state index in [2.05, 4.69) is 37.6 Å². The van der Waals surface area contributed by atoms with E-state index in [-0.39, 0.29) is 0 Å². The van der Waals surface area contributed by atoms with Crippen LogP contribution in [0.15, 0.2) is 65.4 Å². The van der Waals surface area contributed by atoms with Gasteiger partial charge in [0.1, 0.15) is 5.82 Å². The van der Waals surface area contributed by atoms with Crippen molar-refractivity contribution in [3.8, 4) is 11.4 Å². The molecule has 1 heterocycles. The number of halogens is 1. The topological polar surface area (TPSA) is 43.8 Å². The molecule has 0 saturated carbocycles. The van der Waals surface area contributed by atoms with Crippen LogP contribution in [0.3, 0.4) is 0 Å². The van der Waals surface area contributed by atoms with Gasteiger partial charge in [-0.15, -0.1) is 0 Å². The van der Waals surface area contributed by atoms with E-state index in [9.17, 15) is 0 Å². The van der Waals surface area contributed by atoms with Gasteiger partial charge in [0.25, 0.3) is 0 Å². The molecule has 20 heavy (non-hydrogen) atoms. The zero-order valence-electron chi connectivity index (χ0n) is 10.8. The molecular weight excluding hydrogens is 314 g/mol. The molecule has 0 aliphatic carbocycles. The van der Waals surface area contributed by atoms with Gasteiger partial charge in [-0.3, -0.25) is 0 Å². The van der Waals surface area contributed by atoms with Gasteiger partial charge in [-0.1, -0.05) is 46.3 Å². The maximum atomic E-state index is 5.83. The van der Waals surface area contributed by atoms with Gasteiger partial charge in [-0.25, -0.2) is 4.98 Å². The van der Waals surface area contributed by atoms with E-state index in [1.54, 1.807) is 0 Å². The predicted molar refractivity (Wildman–Crippen MR) is 85.3 cm³/mol. The summed E-state index contributed by atoms with van der Waals surface area (Å²) in [4.78, 5) is 4.47. The smallest absolute Gasteiger partial charge is 0.141 e. The molecule has 100 valence electrons. The number of nitrogen functional groups attached to an aromatic ring is 1. The molecule has 0 amide bonds. The molecule has 1 aromatic heterocycles. The SMILES string of the molecule is Nc1cccc(Cn2ccnc2-c2ccccc2Br)c1. The van der Waals surface area contributed by atoms with Gasteiger partial charge in [-0.05, 0) is 23.8 Å². The molecule has 3 nitrogen and oxygen atoms in total. The third-order valence-electron chi connectivity index (χ3n) is 3.13. The van der Waals surface area contributed by atoms with Gasteiger partial charge < -0.3 is 10.3 Å². The van der Waals surface area contributed by atoms with E-state index in [1.165, 1.54) is 0 Å². The lowest BCUT2D eigenvalue weighted by atomic mass is 10.2. The van der Waals surface area contributed by atoms with Crippen molar-refractivity contribution >= 4 is 21.6 Å². The molecule has 3 aromatic rings. The average Bonchev–Trinajstić information content (AvgIpc) is 2.87. The van der Waals surface area contributed by atoms with Crippen LogP contribution in [0.1, 0.15) is 5.56 Å². The number of nitrogens with two attached hydrogens (primary N) is 1. The van der Waals surface area contributed by atoms with Crippen LogP contribution in [0, 0.1) is 0 Å². The molecule has 4 heteroatoms. The molecule has 2 N–H and O–H groups in total. The summed E-state index contributed by atoms with van der Waals surface area (Å²) in [5.41, 5.74) is 8.86. The molecule has 0 radical (unpaired) electrons. The molecule has 0 aliphatic rings. The Morgan fingerprint density at radius 1 is 1.10 bits per heavy atom. The molecule has 0 spiro atoms. The number of aromatic nitrogens is 2. The van der Waals surface area contributed by atoms with E-state index < -0.39 is 0 Å². The summed E-state index contributed by atoms with van der Waals surface area (Å²) in [6.07, 6.45) is 3.80. The lowest BCUT2D eigenvalue weighted by Crippen LogP contribution is -2.02. The predicted octanol–water partition coefficient (Wildman–Crippen LogP) is 3.94. The molecule has 2 aromatic carbocycles. The first-order valence-corrected chi connectivity index (χ1v) is 7.14. The lowest BCUT2D eigenvalue weighted by Gasteiger charge is -2.10. The first kappa shape index (κ1) is 12.9. The standard InChI is InChI=1S/C16H14BrN3/c17-15-7-2-1-6-14(15)16-19-8-9-20(16)11-12-4-3-5-13(18)10-12/h1-10H,11,18H2. The van der Waals surface area contributed by atoms with Crippen molar-refractivity contribution in [3.63, 3.8) is 0 Å². The second kappa shape index (κ2) is 5.51. The Kier molecular flexibility index (Phi) is 3.56. The van der Waals surface area contributed by atoms with Crippen molar-refractivity contribution in [1.82, 2.24) is 9.55 Å². The summed E-state index contributed by atoms with van der Waals surface area (Å²) >= 11 is 3.58. The van der Waals surface area contributed by atoms with E-state index in [0.717, 1.165) is 33.7 Å². The van der Waals surface area contributed by atoms with Crippen molar-refractivity contribution < 1.29 is 0 Å². The highest BCUT2D eigenvalue weighted by molar-refractivity contribution is 9.10. The number of rotatable bonds is 3. The van der Waals surface area contributed by atoms with Crippen LogP contribution in [0.5, 0.6) is 0 Å². The van der Waals surface area contributed by atoms with Crippen LogP contribution in [0.25, 0.3) is 11.4 Å². The number of hydrogen-bond acceptors (Lipinski definition) is 2. The third-order valence-corrected chi connectivity index (χ3v) is 3.83. The van der Waals surface area contributed by atoms with Crippen molar-refractivity contribution in [1.29, 1.82) is 0 Å². The molecular formula is C16H14BrN3. The van der Waals surface area contributed by atoms with Crippen LogP contribution >= 0.6 is 15.9 Å².